The number of rotatable bonds is 2. The van der Waals surface area contributed by atoms with Crippen LogP contribution in [-0.2, 0) is 4.74 Å². The predicted molar refractivity (Wildman–Crippen MR) is 61.1 cm³/mol. The van der Waals surface area contributed by atoms with E-state index in [1.165, 1.54) is 20.0 Å². The van der Waals surface area contributed by atoms with Crippen LogP contribution in [0.5, 0.6) is 0 Å². The van der Waals surface area contributed by atoms with Crippen LogP contribution in [0.4, 0.5) is 4.79 Å². The van der Waals surface area contributed by atoms with Gasteiger partial charge in [0.1, 0.15) is 0 Å². The Kier molecular flexibility index (Phi) is 3.66. The molecule has 1 saturated heterocycles. The van der Waals surface area contributed by atoms with E-state index in [-0.39, 0.29) is 12.1 Å². The first-order chi connectivity index (χ1) is 7.70. The van der Waals surface area contributed by atoms with Crippen LogP contribution in [0.3, 0.4) is 0 Å². The third-order valence-electron chi connectivity index (χ3n) is 3.73. The highest BCUT2D eigenvalue weighted by Gasteiger charge is 2.34. The molecule has 2 rings (SSSR count). The van der Waals surface area contributed by atoms with Crippen molar-refractivity contribution in [1.82, 2.24) is 10.2 Å². The van der Waals surface area contributed by atoms with Gasteiger partial charge in [-0.25, -0.2) is 4.79 Å². The highest BCUT2D eigenvalue weighted by atomic mass is 16.5. The van der Waals surface area contributed by atoms with Crippen LogP contribution in [0.25, 0.3) is 0 Å². The van der Waals surface area contributed by atoms with Crippen LogP contribution < -0.4 is 11.1 Å². The molecule has 0 aromatic carbocycles. The van der Waals surface area contributed by atoms with Gasteiger partial charge in [0.05, 0.1) is 7.11 Å². The number of carbonyl (C=O) groups is 1. The fourth-order valence-corrected chi connectivity index (χ4v) is 2.85. The highest BCUT2D eigenvalue weighted by Crippen LogP contribution is 2.25. The maximum atomic E-state index is 11.1. The molecule has 3 atom stereocenters. The molecule has 1 amide bonds. The van der Waals surface area contributed by atoms with Gasteiger partial charge in [-0.2, -0.15) is 0 Å². The molecule has 2 fully saturated rings. The zero-order valence-electron chi connectivity index (χ0n) is 9.82. The van der Waals surface area contributed by atoms with Gasteiger partial charge in [0.2, 0.25) is 0 Å². The molecule has 92 valence electrons. The van der Waals surface area contributed by atoms with E-state index in [0.29, 0.717) is 12.1 Å². The van der Waals surface area contributed by atoms with E-state index >= 15 is 0 Å². The molecule has 0 aromatic heterocycles. The summed E-state index contributed by atoms with van der Waals surface area (Å²) in [7, 11) is 1.40. The first-order valence-electron chi connectivity index (χ1n) is 6.05. The largest absolute Gasteiger partial charge is 0.453 e. The van der Waals surface area contributed by atoms with Crippen molar-refractivity contribution in [2.24, 2.45) is 5.73 Å². The number of methoxy groups -OCH3 is 1. The van der Waals surface area contributed by atoms with E-state index in [1.54, 1.807) is 0 Å². The number of nitrogens with zero attached hydrogens (tertiary/aromatic N) is 1. The molecule has 0 radical (unpaired) electrons. The smallest absolute Gasteiger partial charge is 0.407 e. The second-order valence-electron chi connectivity index (χ2n) is 4.78. The number of carbonyl (C=O) groups excluding carboxylic acids is 1. The van der Waals surface area contributed by atoms with Crippen LogP contribution in [0.1, 0.15) is 25.7 Å². The predicted octanol–water partition coefficient (Wildman–Crippen LogP) is 0.297. The van der Waals surface area contributed by atoms with Crippen molar-refractivity contribution >= 4 is 6.09 Å². The first kappa shape index (κ1) is 11.7. The third-order valence-corrected chi connectivity index (χ3v) is 3.73. The number of nitrogens with one attached hydrogen (secondary N) is 1. The molecule has 1 heterocycles. The number of hydrogen-bond acceptors (Lipinski definition) is 4. The number of likely N-dealkylation sites (tertiary alicyclic amines) is 1. The molecule has 1 saturated carbocycles. The van der Waals surface area contributed by atoms with E-state index in [9.17, 15) is 4.79 Å². The maximum Gasteiger partial charge on any atom is 0.407 e. The van der Waals surface area contributed by atoms with Crippen molar-refractivity contribution in [1.29, 1.82) is 0 Å². The monoisotopic (exact) mass is 227 g/mol. The molecule has 5 nitrogen and oxygen atoms in total. The Morgan fingerprint density at radius 3 is 2.88 bits per heavy atom. The summed E-state index contributed by atoms with van der Waals surface area (Å²) >= 11 is 0. The summed E-state index contributed by atoms with van der Waals surface area (Å²) in [5, 5.41) is 2.85. The number of hydrogen-bond donors (Lipinski definition) is 2. The molecule has 0 spiro atoms. The third kappa shape index (κ3) is 2.47. The average molecular weight is 227 g/mol. The Balaban J connectivity index is 1.81. The second kappa shape index (κ2) is 5.01. The number of alkyl carbamates (subject to hydrolysis) is 1. The lowest BCUT2D eigenvalue weighted by Crippen LogP contribution is -2.45. The second-order valence-corrected chi connectivity index (χ2v) is 4.78. The van der Waals surface area contributed by atoms with Crippen molar-refractivity contribution in [3.8, 4) is 0 Å². The average Bonchev–Trinajstić information content (AvgIpc) is 2.86. The van der Waals surface area contributed by atoms with E-state index in [1.807, 2.05) is 0 Å². The SMILES string of the molecule is COC(=O)NC1CCN(C2CCCC2N)C1. The van der Waals surface area contributed by atoms with Gasteiger partial charge in [-0.3, -0.25) is 4.90 Å². The van der Waals surface area contributed by atoms with Crippen LogP contribution in [0.2, 0.25) is 0 Å². The fraction of sp³-hybridized carbons (Fsp3) is 0.909. The molecule has 0 aromatic rings. The zero-order valence-corrected chi connectivity index (χ0v) is 9.82. The Labute approximate surface area is 96.3 Å². The molecule has 3 unspecified atom stereocenters. The minimum absolute atomic E-state index is 0.222. The lowest BCUT2D eigenvalue weighted by atomic mass is 10.1. The highest BCUT2D eigenvalue weighted by molar-refractivity contribution is 5.67. The van der Waals surface area contributed by atoms with Gasteiger partial charge >= 0.3 is 6.09 Å². The Hall–Kier alpha value is -0.810. The number of ether oxygens (including phenoxy) is 1. The summed E-state index contributed by atoms with van der Waals surface area (Å²) in [4.78, 5) is 13.5. The lowest BCUT2D eigenvalue weighted by molar-refractivity contribution is 0.165. The van der Waals surface area contributed by atoms with Crippen molar-refractivity contribution in [3.05, 3.63) is 0 Å². The van der Waals surface area contributed by atoms with Crippen LogP contribution in [0.15, 0.2) is 0 Å². The first-order valence-corrected chi connectivity index (χ1v) is 6.05. The van der Waals surface area contributed by atoms with Gasteiger partial charge in [0.15, 0.2) is 0 Å². The van der Waals surface area contributed by atoms with Gasteiger partial charge in [0.25, 0.3) is 0 Å². The van der Waals surface area contributed by atoms with Crippen molar-refractivity contribution in [2.75, 3.05) is 20.2 Å². The molecule has 2 aliphatic rings. The Morgan fingerprint density at radius 1 is 1.44 bits per heavy atom. The minimum atomic E-state index is -0.331. The fourth-order valence-electron chi connectivity index (χ4n) is 2.85. The summed E-state index contributed by atoms with van der Waals surface area (Å²) in [5.74, 6) is 0. The number of amides is 1. The summed E-state index contributed by atoms with van der Waals surface area (Å²) in [5.41, 5.74) is 6.08. The number of nitrogens with two attached hydrogens (primary N) is 1. The normalized spacial score (nSPS) is 35.2. The standard InChI is InChI=1S/C11H21N3O2/c1-16-11(15)13-8-5-6-14(7-8)10-4-2-3-9(10)12/h8-10H,2-7,12H2,1H3,(H,13,15). The van der Waals surface area contributed by atoms with Crippen LogP contribution in [0, 0.1) is 0 Å². The minimum Gasteiger partial charge on any atom is -0.453 e. The van der Waals surface area contributed by atoms with Crippen LogP contribution in [-0.4, -0.2) is 49.3 Å². The van der Waals surface area contributed by atoms with E-state index in [4.69, 9.17) is 5.73 Å². The van der Waals surface area contributed by atoms with E-state index < -0.39 is 0 Å². The van der Waals surface area contributed by atoms with Crippen molar-refractivity contribution < 1.29 is 9.53 Å². The van der Waals surface area contributed by atoms with Gasteiger partial charge < -0.3 is 15.8 Å². The van der Waals surface area contributed by atoms with Gasteiger partial charge in [-0.1, -0.05) is 6.42 Å². The molecule has 3 N–H and O–H groups in total. The summed E-state index contributed by atoms with van der Waals surface area (Å²) in [6.07, 6.45) is 4.24. The maximum absolute atomic E-state index is 11.1. The van der Waals surface area contributed by atoms with Crippen molar-refractivity contribution in [3.63, 3.8) is 0 Å². The molecule has 0 bridgehead atoms. The summed E-state index contributed by atoms with van der Waals surface area (Å²) in [6.45, 7) is 1.94. The lowest BCUT2D eigenvalue weighted by Gasteiger charge is -2.27. The molecule has 1 aliphatic heterocycles. The van der Waals surface area contributed by atoms with Gasteiger partial charge in [-0.15, -0.1) is 0 Å². The zero-order chi connectivity index (χ0) is 11.5. The van der Waals surface area contributed by atoms with E-state index in [2.05, 4.69) is 15.0 Å². The molecule has 1 aliphatic carbocycles. The van der Waals surface area contributed by atoms with Crippen molar-refractivity contribution in [2.45, 2.75) is 43.8 Å². The van der Waals surface area contributed by atoms with Gasteiger partial charge in [0, 0.05) is 31.2 Å². The quantitative estimate of drug-likeness (QED) is 0.712. The Morgan fingerprint density at radius 2 is 2.25 bits per heavy atom. The summed E-state index contributed by atoms with van der Waals surface area (Å²) in [6, 6.07) is 1.06. The Bertz CT molecular complexity index is 260. The van der Waals surface area contributed by atoms with Gasteiger partial charge in [-0.05, 0) is 19.3 Å². The molecular formula is C11H21N3O2. The topological polar surface area (TPSA) is 67.6 Å². The van der Waals surface area contributed by atoms with Crippen LogP contribution >= 0.6 is 0 Å². The molecular weight excluding hydrogens is 206 g/mol. The molecule has 16 heavy (non-hydrogen) atoms. The van der Waals surface area contributed by atoms with E-state index in [0.717, 1.165) is 25.9 Å². The molecule has 5 heteroatoms. The summed E-state index contributed by atoms with van der Waals surface area (Å²) < 4.78 is 4.60.